The third kappa shape index (κ3) is 3.02. The molecule has 2 unspecified atom stereocenters. The lowest BCUT2D eigenvalue weighted by molar-refractivity contribution is -0.151. The summed E-state index contributed by atoms with van der Waals surface area (Å²) in [7, 11) is 0. The molecule has 0 heterocycles. The first kappa shape index (κ1) is 20.6. The van der Waals surface area contributed by atoms with Crippen molar-refractivity contribution in [3.05, 3.63) is 0 Å². The summed E-state index contributed by atoms with van der Waals surface area (Å²) < 4.78 is 5.03. The van der Waals surface area contributed by atoms with E-state index in [9.17, 15) is 14.4 Å². The predicted octanol–water partition coefficient (Wildman–Crippen LogP) is 4.72. The Morgan fingerprint density at radius 3 is 2.39 bits per heavy atom. The highest BCUT2D eigenvalue weighted by Crippen LogP contribution is 2.67. The molecule has 4 aliphatic rings. The van der Waals surface area contributed by atoms with E-state index in [0.717, 1.165) is 38.5 Å². The Morgan fingerprint density at radius 1 is 1.00 bits per heavy atom. The van der Waals surface area contributed by atoms with Crippen molar-refractivity contribution in [1.82, 2.24) is 0 Å². The number of carbonyl (C=O) groups excluding carboxylic acids is 3. The van der Waals surface area contributed by atoms with Gasteiger partial charge >= 0.3 is 5.97 Å². The van der Waals surface area contributed by atoms with Gasteiger partial charge in [-0.3, -0.25) is 14.4 Å². The predicted molar refractivity (Wildman–Crippen MR) is 110 cm³/mol. The van der Waals surface area contributed by atoms with Crippen molar-refractivity contribution in [2.75, 3.05) is 6.61 Å². The lowest BCUT2D eigenvalue weighted by Gasteiger charge is -2.61. The standard InChI is InChI=1S/C23H33BrO4/c1-13(25)28-12-20(27)17-7-6-15-14-4-5-18-21(24)19(26)9-11-23(18,3)16(14)8-10-22(15,17)2/h14-18,21H,4-12H2,1-3H3/t14-,15-,16-,17+,18?,21?,22-,23+/m0/s1. The van der Waals surface area contributed by atoms with E-state index < -0.39 is 0 Å². The molecule has 8 atom stereocenters. The maximum Gasteiger partial charge on any atom is 0.303 e. The fraction of sp³-hybridized carbons (Fsp3) is 0.870. The average Bonchev–Trinajstić information content (AvgIpc) is 3.00. The molecular weight excluding hydrogens is 420 g/mol. The summed E-state index contributed by atoms with van der Waals surface area (Å²) >= 11 is 3.74. The quantitative estimate of drug-likeness (QED) is 0.458. The molecule has 156 valence electrons. The smallest absolute Gasteiger partial charge is 0.303 e. The Morgan fingerprint density at radius 2 is 1.68 bits per heavy atom. The zero-order valence-corrected chi connectivity index (χ0v) is 18.9. The van der Waals surface area contributed by atoms with E-state index in [4.69, 9.17) is 4.74 Å². The van der Waals surface area contributed by atoms with Crippen LogP contribution in [0, 0.1) is 40.4 Å². The molecule has 0 bridgehead atoms. The number of alkyl halides is 1. The molecule has 0 amide bonds. The highest BCUT2D eigenvalue weighted by atomic mass is 79.9. The lowest BCUT2D eigenvalue weighted by atomic mass is 9.44. The Hall–Kier alpha value is -0.710. The summed E-state index contributed by atoms with van der Waals surface area (Å²) in [6, 6.07) is 0. The highest BCUT2D eigenvalue weighted by Gasteiger charge is 2.62. The minimum absolute atomic E-state index is 0.0280. The number of fused-ring (bicyclic) bond motifs is 5. The van der Waals surface area contributed by atoms with Gasteiger partial charge in [0.15, 0.2) is 5.78 Å². The largest absolute Gasteiger partial charge is 0.458 e. The fourth-order valence-electron chi connectivity index (χ4n) is 7.89. The number of esters is 1. The second-order valence-electron chi connectivity index (χ2n) is 10.4. The van der Waals surface area contributed by atoms with Crippen LogP contribution in [0.1, 0.15) is 72.1 Å². The van der Waals surface area contributed by atoms with Gasteiger partial charge in [-0.2, -0.15) is 0 Å². The maximum atomic E-state index is 12.8. The van der Waals surface area contributed by atoms with Crippen molar-refractivity contribution < 1.29 is 19.1 Å². The molecule has 5 heteroatoms. The van der Waals surface area contributed by atoms with Gasteiger partial charge in [-0.15, -0.1) is 0 Å². The summed E-state index contributed by atoms with van der Waals surface area (Å²) in [6.45, 7) is 6.06. The molecule has 4 nitrogen and oxygen atoms in total. The average molecular weight is 453 g/mol. The van der Waals surface area contributed by atoms with Gasteiger partial charge in [0.1, 0.15) is 12.4 Å². The van der Waals surface area contributed by atoms with Crippen LogP contribution in [0.5, 0.6) is 0 Å². The van der Waals surface area contributed by atoms with Crippen molar-refractivity contribution in [2.24, 2.45) is 40.4 Å². The third-order valence-electron chi connectivity index (χ3n) is 9.32. The van der Waals surface area contributed by atoms with E-state index in [2.05, 4.69) is 29.8 Å². The van der Waals surface area contributed by atoms with Crippen LogP contribution in [0.2, 0.25) is 0 Å². The van der Waals surface area contributed by atoms with E-state index in [1.165, 1.54) is 13.3 Å². The number of hydrogen-bond acceptors (Lipinski definition) is 4. The number of rotatable bonds is 3. The number of halogens is 1. The van der Waals surface area contributed by atoms with E-state index in [-0.39, 0.29) is 39.9 Å². The Kier molecular flexibility index (Phi) is 5.29. The maximum absolute atomic E-state index is 12.8. The van der Waals surface area contributed by atoms with Gasteiger partial charge < -0.3 is 4.74 Å². The third-order valence-corrected chi connectivity index (χ3v) is 10.5. The molecule has 0 aromatic carbocycles. The van der Waals surface area contributed by atoms with E-state index >= 15 is 0 Å². The summed E-state index contributed by atoms with van der Waals surface area (Å²) in [5, 5.41) is 0. The number of Topliss-reactive ketones (excluding diaryl/α,β-unsaturated/α-hetero) is 2. The minimum atomic E-state index is -0.376. The van der Waals surface area contributed by atoms with Gasteiger partial charge in [-0.1, -0.05) is 29.8 Å². The van der Waals surface area contributed by atoms with Crippen LogP contribution in [0.15, 0.2) is 0 Å². The SMILES string of the molecule is CC(=O)OCC(=O)[C@H]1CC[C@H]2[C@@H]3CCC4C(Br)C(=O)CC[C@]4(C)[C@H]3CC[C@]12C. The topological polar surface area (TPSA) is 60.4 Å². The number of ether oxygens (including phenoxy) is 1. The monoisotopic (exact) mass is 452 g/mol. The fourth-order valence-corrected chi connectivity index (χ4v) is 8.99. The molecule has 0 radical (unpaired) electrons. The molecule has 0 aliphatic heterocycles. The second-order valence-corrected chi connectivity index (χ2v) is 11.3. The highest BCUT2D eigenvalue weighted by molar-refractivity contribution is 9.10. The Labute approximate surface area is 176 Å². The number of ketones is 2. The van der Waals surface area contributed by atoms with Gasteiger partial charge in [-0.25, -0.2) is 0 Å². The van der Waals surface area contributed by atoms with Crippen LogP contribution in [-0.4, -0.2) is 29.0 Å². The van der Waals surface area contributed by atoms with Crippen molar-refractivity contribution in [3.63, 3.8) is 0 Å². The van der Waals surface area contributed by atoms with Crippen molar-refractivity contribution in [1.29, 1.82) is 0 Å². The molecule has 0 aromatic heterocycles. The van der Waals surface area contributed by atoms with Crippen molar-refractivity contribution in [2.45, 2.75) is 77.0 Å². The van der Waals surface area contributed by atoms with Crippen LogP contribution in [-0.2, 0) is 19.1 Å². The summed E-state index contributed by atoms with van der Waals surface area (Å²) in [4.78, 5) is 36.3. The molecule has 0 aromatic rings. The van der Waals surface area contributed by atoms with Crippen LogP contribution in [0.25, 0.3) is 0 Å². The summed E-state index contributed by atoms with van der Waals surface area (Å²) in [5.41, 5.74) is 0.284. The molecule has 0 spiro atoms. The van der Waals surface area contributed by atoms with Gasteiger partial charge in [-0.05, 0) is 79.4 Å². The van der Waals surface area contributed by atoms with Gasteiger partial charge in [0.05, 0.1) is 4.83 Å². The Bertz CT molecular complexity index is 690. The Balaban J connectivity index is 1.54. The minimum Gasteiger partial charge on any atom is -0.458 e. The zero-order chi connectivity index (χ0) is 20.3. The molecule has 4 saturated carbocycles. The molecule has 4 fully saturated rings. The first-order valence-electron chi connectivity index (χ1n) is 11.0. The summed E-state index contributed by atoms with van der Waals surface area (Å²) in [5.74, 6) is 2.53. The number of carbonyl (C=O) groups is 3. The van der Waals surface area contributed by atoms with Crippen LogP contribution in [0.4, 0.5) is 0 Å². The van der Waals surface area contributed by atoms with E-state index in [1.807, 2.05) is 0 Å². The zero-order valence-electron chi connectivity index (χ0n) is 17.3. The van der Waals surface area contributed by atoms with Gasteiger partial charge in [0.25, 0.3) is 0 Å². The lowest BCUT2D eigenvalue weighted by Crippen LogP contribution is -2.56. The first-order chi connectivity index (χ1) is 13.2. The van der Waals surface area contributed by atoms with Crippen LogP contribution >= 0.6 is 15.9 Å². The molecule has 0 N–H and O–H groups in total. The van der Waals surface area contributed by atoms with E-state index in [1.54, 1.807) is 0 Å². The van der Waals surface area contributed by atoms with Crippen molar-refractivity contribution >= 4 is 33.5 Å². The molecular formula is C23H33BrO4. The van der Waals surface area contributed by atoms with Crippen LogP contribution < -0.4 is 0 Å². The van der Waals surface area contributed by atoms with Crippen molar-refractivity contribution in [3.8, 4) is 0 Å². The van der Waals surface area contributed by atoms with E-state index in [0.29, 0.717) is 35.9 Å². The second kappa shape index (κ2) is 7.21. The first-order valence-corrected chi connectivity index (χ1v) is 11.9. The molecule has 28 heavy (non-hydrogen) atoms. The van der Waals surface area contributed by atoms with Crippen LogP contribution in [0.3, 0.4) is 0 Å². The molecule has 4 aliphatic carbocycles. The molecule has 4 rings (SSSR count). The van der Waals surface area contributed by atoms with Gasteiger partial charge in [0, 0.05) is 19.3 Å². The molecule has 0 saturated heterocycles. The number of hydrogen-bond donors (Lipinski definition) is 0. The summed E-state index contributed by atoms with van der Waals surface area (Å²) in [6.07, 6.45) is 8.34. The van der Waals surface area contributed by atoms with Gasteiger partial charge in [0.2, 0.25) is 0 Å². The normalized spacial score (nSPS) is 47.6.